The van der Waals surface area contributed by atoms with Crippen LogP contribution in [0.25, 0.3) is 0 Å². The molecule has 0 bridgehead atoms. The molecule has 1 aromatic heterocycles. The number of non-ortho nitro benzene ring substituents is 1. The van der Waals surface area contributed by atoms with Crippen LogP contribution in [-0.2, 0) is 6.61 Å². The molecule has 36 heavy (non-hydrogen) atoms. The van der Waals surface area contributed by atoms with Crippen molar-refractivity contribution in [3.8, 4) is 17.2 Å². The average molecular weight is 592 g/mol. The van der Waals surface area contributed by atoms with Crippen molar-refractivity contribution >= 4 is 56.4 Å². The van der Waals surface area contributed by atoms with Gasteiger partial charge in [0.05, 0.1) is 21.7 Å². The predicted octanol–water partition coefficient (Wildman–Crippen LogP) is 8.19. The van der Waals surface area contributed by atoms with Gasteiger partial charge in [0.15, 0.2) is 5.76 Å². The maximum Gasteiger partial charge on any atom is 0.291 e. The van der Waals surface area contributed by atoms with Crippen molar-refractivity contribution in [1.29, 1.82) is 0 Å². The van der Waals surface area contributed by atoms with E-state index in [1.807, 2.05) is 6.92 Å². The number of nitrogens with zero attached hydrogens (tertiary/aromatic N) is 1. The molecule has 0 saturated carbocycles. The topological polar surface area (TPSA) is 104 Å². The van der Waals surface area contributed by atoms with Crippen LogP contribution in [0.15, 0.2) is 75.6 Å². The van der Waals surface area contributed by atoms with Gasteiger partial charge in [0.2, 0.25) is 0 Å². The molecule has 184 valence electrons. The number of nitro groups is 1. The van der Waals surface area contributed by atoms with Gasteiger partial charge in [0.25, 0.3) is 11.6 Å². The van der Waals surface area contributed by atoms with Gasteiger partial charge in [-0.15, -0.1) is 0 Å². The minimum atomic E-state index is -0.600. The molecule has 1 heterocycles. The maximum atomic E-state index is 12.7. The Hall–Kier alpha value is -3.53. The minimum Gasteiger partial charge on any atom is -0.484 e. The number of hydrogen-bond donors (Lipinski definition) is 1. The average Bonchev–Trinajstić information content (AvgIpc) is 3.30. The van der Waals surface area contributed by atoms with Crippen LogP contribution in [0.4, 0.5) is 11.4 Å². The molecule has 0 atom stereocenters. The first kappa shape index (κ1) is 25.6. The first-order chi connectivity index (χ1) is 17.2. The van der Waals surface area contributed by atoms with Gasteiger partial charge in [-0.2, -0.15) is 0 Å². The van der Waals surface area contributed by atoms with Gasteiger partial charge in [-0.25, -0.2) is 0 Å². The molecule has 0 fully saturated rings. The highest BCUT2D eigenvalue weighted by molar-refractivity contribution is 9.10. The number of benzene rings is 3. The molecule has 0 aliphatic heterocycles. The Morgan fingerprint density at radius 2 is 1.83 bits per heavy atom. The Labute approximate surface area is 224 Å². The van der Waals surface area contributed by atoms with Gasteiger partial charge < -0.3 is 19.2 Å². The molecule has 0 saturated heterocycles. The largest absolute Gasteiger partial charge is 0.484 e. The molecule has 1 N–H and O–H groups in total. The smallest absolute Gasteiger partial charge is 0.291 e. The number of carbonyl (C=O) groups is 1. The molecular formula is C25H17BrCl2N2O6. The summed E-state index contributed by atoms with van der Waals surface area (Å²) < 4.78 is 17.8. The summed E-state index contributed by atoms with van der Waals surface area (Å²) in [5.41, 5.74) is 0.687. The number of nitrogens with one attached hydrogen (secondary N) is 1. The zero-order valence-electron chi connectivity index (χ0n) is 18.6. The monoisotopic (exact) mass is 590 g/mol. The molecule has 3 aromatic carbocycles. The van der Waals surface area contributed by atoms with Crippen molar-refractivity contribution in [3.63, 3.8) is 0 Å². The van der Waals surface area contributed by atoms with Gasteiger partial charge in [-0.3, -0.25) is 14.9 Å². The molecule has 4 rings (SSSR count). The van der Waals surface area contributed by atoms with Crippen LogP contribution in [-0.4, -0.2) is 10.8 Å². The zero-order chi connectivity index (χ0) is 25.8. The fraction of sp³-hybridized carbons (Fsp3) is 0.0800. The molecular weight excluding hydrogens is 575 g/mol. The number of furan rings is 1. The lowest BCUT2D eigenvalue weighted by Crippen LogP contribution is -2.11. The Kier molecular flexibility index (Phi) is 7.83. The molecule has 4 aromatic rings. The first-order valence-electron chi connectivity index (χ1n) is 10.4. The van der Waals surface area contributed by atoms with Gasteiger partial charge in [0.1, 0.15) is 29.6 Å². The second kappa shape index (κ2) is 11.0. The number of ether oxygens (including phenoxy) is 2. The standard InChI is InChI=1S/C25H17BrCl2N2O6/c1-14-8-18(3-5-21(14)27)35-20-11-16(10-17(12-20)30(32)33)29-25(31)24-7-4-19(36-24)13-34-23-6-2-15(26)9-22(23)28/h2-12H,13H2,1H3,(H,29,31). The number of halogens is 3. The summed E-state index contributed by atoms with van der Waals surface area (Å²) >= 11 is 15.5. The van der Waals surface area contributed by atoms with E-state index in [4.69, 9.17) is 37.1 Å². The SMILES string of the molecule is Cc1cc(Oc2cc(NC(=O)c3ccc(COc4ccc(Br)cc4Cl)o3)cc([N+](=O)[O-])c2)ccc1Cl. The fourth-order valence-corrected chi connectivity index (χ4v) is 3.99. The van der Waals surface area contributed by atoms with E-state index < -0.39 is 10.8 Å². The lowest BCUT2D eigenvalue weighted by Gasteiger charge is -2.10. The molecule has 1 amide bonds. The zero-order valence-corrected chi connectivity index (χ0v) is 21.7. The van der Waals surface area contributed by atoms with Crippen molar-refractivity contribution in [2.75, 3.05) is 5.32 Å². The molecule has 0 unspecified atom stereocenters. The Morgan fingerprint density at radius 3 is 2.56 bits per heavy atom. The van der Waals surface area contributed by atoms with E-state index in [2.05, 4.69) is 21.2 Å². The van der Waals surface area contributed by atoms with Crippen molar-refractivity contribution in [1.82, 2.24) is 0 Å². The Morgan fingerprint density at radius 1 is 1.03 bits per heavy atom. The van der Waals surface area contributed by atoms with Crippen molar-refractivity contribution < 1.29 is 23.6 Å². The van der Waals surface area contributed by atoms with E-state index in [9.17, 15) is 14.9 Å². The van der Waals surface area contributed by atoms with Crippen LogP contribution < -0.4 is 14.8 Å². The minimum absolute atomic E-state index is 0.00203. The van der Waals surface area contributed by atoms with E-state index >= 15 is 0 Å². The lowest BCUT2D eigenvalue weighted by atomic mass is 10.2. The summed E-state index contributed by atoms with van der Waals surface area (Å²) in [5, 5.41) is 15.0. The van der Waals surface area contributed by atoms with E-state index in [-0.39, 0.29) is 29.5 Å². The van der Waals surface area contributed by atoms with E-state index in [1.54, 1.807) is 42.5 Å². The number of aryl methyl sites for hydroxylation is 1. The highest BCUT2D eigenvalue weighted by Crippen LogP contribution is 2.32. The molecule has 0 spiro atoms. The van der Waals surface area contributed by atoms with E-state index in [0.717, 1.165) is 10.0 Å². The summed E-state index contributed by atoms with van der Waals surface area (Å²) in [6.07, 6.45) is 0. The Bertz CT molecular complexity index is 1460. The third-order valence-corrected chi connectivity index (χ3v) is 6.09. The van der Waals surface area contributed by atoms with Crippen molar-refractivity contribution in [3.05, 3.63) is 108 Å². The molecule has 0 radical (unpaired) electrons. The molecule has 0 aliphatic rings. The summed E-state index contributed by atoms with van der Waals surface area (Å²) in [6.45, 7) is 1.86. The lowest BCUT2D eigenvalue weighted by molar-refractivity contribution is -0.384. The van der Waals surface area contributed by atoms with Crippen LogP contribution in [0.5, 0.6) is 17.2 Å². The van der Waals surface area contributed by atoms with Crippen LogP contribution in [0, 0.1) is 17.0 Å². The summed E-state index contributed by atoms with van der Waals surface area (Å²) in [7, 11) is 0. The Balaban J connectivity index is 1.47. The molecule has 11 heteroatoms. The summed E-state index contributed by atoms with van der Waals surface area (Å²) in [5.74, 6) is 0.856. The number of carbonyl (C=O) groups excluding carboxylic acids is 1. The normalized spacial score (nSPS) is 10.7. The van der Waals surface area contributed by atoms with Gasteiger partial charge >= 0.3 is 0 Å². The van der Waals surface area contributed by atoms with E-state index in [0.29, 0.717) is 27.3 Å². The highest BCUT2D eigenvalue weighted by Gasteiger charge is 2.17. The number of nitro benzene ring substituents is 1. The van der Waals surface area contributed by atoms with Gasteiger partial charge in [0, 0.05) is 21.6 Å². The number of amides is 1. The van der Waals surface area contributed by atoms with E-state index in [1.165, 1.54) is 24.3 Å². The second-order valence-corrected chi connectivity index (χ2v) is 9.30. The van der Waals surface area contributed by atoms with Gasteiger partial charge in [-0.1, -0.05) is 39.1 Å². The maximum absolute atomic E-state index is 12.7. The van der Waals surface area contributed by atoms with Crippen molar-refractivity contribution in [2.24, 2.45) is 0 Å². The number of anilines is 1. The van der Waals surface area contributed by atoms with Crippen LogP contribution in [0.2, 0.25) is 10.0 Å². The summed E-state index contributed by atoms with van der Waals surface area (Å²) in [4.78, 5) is 23.6. The highest BCUT2D eigenvalue weighted by atomic mass is 79.9. The van der Waals surface area contributed by atoms with Crippen LogP contribution >= 0.6 is 39.1 Å². The quantitative estimate of drug-likeness (QED) is 0.164. The van der Waals surface area contributed by atoms with Crippen LogP contribution in [0.3, 0.4) is 0 Å². The first-order valence-corrected chi connectivity index (χ1v) is 11.9. The van der Waals surface area contributed by atoms with Crippen LogP contribution in [0.1, 0.15) is 21.9 Å². The molecule has 0 aliphatic carbocycles. The predicted molar refractivity (Wildman–Crippen MR) is 140 cm³/mol. The number of rotatable bonds is 8. The molecule has 8 nitrogen and oxygen atoms in total. The summed E-state index contributed by atoms with van der Waals surface area (Å²) in [6, 6.07) is 17.2. The van der Waals surface area contributed by atoms with Gasteiger partial charge in [-0.05, 0) is 61.0 Å². The third-order valence-electron chi connectivity index (χ3n) is 4.87. The second-order valence-electron chi connectivity index (χ2n) is 7.57. The fourth-order valence-electron chi connectivity index (χ4n) is 3.15. The third kappa shape index (κ3) is 6.37. The number of hydrogen-bond acceptors (Lipinski definition) is 6. The van der Waals surface area contributed by atoms with Crippen molar-refractivity contribution in [2.45, 2.75) is 13.5 Å².